The Bertz CT molecular complexity index is 1730. The first-order valence-corrected chi connectivity index (χ1v) is 14.5. The van der Waals surface area contributed by atoms with Crippen molar-refractivity contribution in [2.24, 2.45) is 0 Å². The maximum Gasteiger partial charge on any atom is 0.253 e. The summed E-state index contributed by atoms with van der Waals surface area (Å²) in [5.74, 6) is 1.05. The van der Waals surface area contributed by atoms with Gasteiger partial charge >= 0.3 is 0 Å². The molecule has 2 N–H and O–H groups in total. The van der Waals surface area contributed by atoms with Crippen molar-refractivity contribution >= 4 is 22.3 Å². The van der Waals surface area contributed by atoms with E-state index < -0.39 is 6.10 Å². The smallest absolute Gasteiger partial charge is 0.253 e. The molecule has 7 rings (SSSR count). The maximum absolute atomic E-state index is 12.6. The Labute approximate surface area is 246 Å². The number of ether oxygens (including phenoxy) is 3. The molecule has 1 unspecified atom stereocenters. The van der Waals surface area contributed by atoms with Gasteiger partial charge in [0, 0.05) is 29.6 Å². The molecule has 5 aromatic rings. The van der Waals surface area contributed by atoms with E-state index in [0.717, 1.165) is 42.9 Å². The van der Waals surface area contributed by atoms with Gasteiger partial charge in [0.1, 0.15) is 13.2 Å². The molecule has 5 heterocycles. The lowest BCUT2D eigenvalue weighted by Crippen LogP contribution is -2.39. The minimum Gasteiger partial charge on any atom is -0.470 e. The zero-order valence-electron chi connectivity index (χ0n) is 23.4. The normalized spacial score (nSPS) is 20.5. The van der Waals surface area contributed by atoms with Crippen LogP contribution in [0.2, 0.25) is 0 Å². The van der Waals surface area contributed by atoms with Crippen LogP contribution in [0.1, 0.15) is 60.3 Å². The van der Waals surface area contributed by atoms with Crippen LogP contribution in [0.25, 0.3) is 27.9 Å². The molecule has 43 heavy (non-hydrogen) atoms. The topological polar surface area (TPSA) is 159 Å². The van der Waals surface area contributed by atoms with Crippen molar-refractivity contribution in [2.45, 2.75) is 70.2 Å². The number of nitrogens with one attached hydrogen (secondary N) is 1. The van der Waals surface area contributed by atoms with Crippen LogP contribution in [0.4, 0.5) is 0 Å². The number of hydrogen-bond acceptors (Lipinski definition) is 11. The summed E-state index contributed by atoms with van der Waals surface area (Å²) in [4.78, 5) is 17.0. The van der Waals surface area contributed by atoms with E-state index in [2.05, 4.69) is 25.7 Å². The zero-order valence-corrected chi connectivity index (χ0v) is 23.4. The Morgan fingerprint density at radius 1 is 1.05 bits per heavy atom. The second kappa shape index (κ2) is 12.0. The number of aromatic nitrogens is 6. The molecule has 0 bridgehead atoms. The molecule has 13 heteroatoms. The van der Waals surface area contributed by atoms with E-state index in [1.54, 1.807) is 22.7 Å². The van der Waals surface area contributed by atoms with Crippen LogP contribution in [-0.4, -0.2) is 66.0 Å². The molecule has 1 amide bonds. The molecule has 2 fully saturated rings. The number of carbonyl (C=O) groups is 1. The number of benzene rings is 1. The highest BCUT2D eigenvalue weighted by molar-refractivity contribution is 5.97. The van der Waals surface area contributed by atoms with E-state index in [4.69, 9.17) is 23.8 Å². The molecule has 13 nitrogen and oxygen atoms in total. The average Bonchev–Trinajstić information content (AvgIpc) is 3.80. The van der Waals surface area contributed by atoms with Crippen molar-refractivity contribution in [3.8, 4) is 17.4 Å². The summed E-state index contributed by atoms with van der Waals surface area (Å²) in [6, 6.07) is 12.6. The lowest BCUT2D eigenvalue weighted by Gasteiger charge is -2.21. The molecule has 1 aliphatic carbocycles. The van der Waals surface area contributed by atoms with Gasteiger partial charge in [0.2, 0.25) is 11.7 Å². The molecule has 3 atom stereocenters. The summed E-state index contributed by atoms with van der Waals surface area (Å²) >= 11 is 0. The molecule has 0 spiro atoms. The minimum atomic E-state index is -0.503. The van der Waals surface area contributed by atoms with Gasteiger partial charge in [0.05, 0.1) is 23.4 Å². The van der Waals surface area contributed by atoms with Crippen LogP contribution in [0.5, 0.6) is 5.88 Å². The summed E-state index contributed by atoms with van der Waals surface area (Å²) in [5.41, 5.74) is 2.06. The molecular formula is C30H31N7O6. The van der Waals surface area contributed by atoms with Crippen LogP contribution in [0.3, 0.4) is 0 Å². The molecule has 222 valence electrons. The van der Waals surface area contributed by atoms with Crippen LogP contribution in [0.15, 0.2) is 53.2 Å². The van der Waals surface area contributed by atoms with Gasteiger partial charge in [0.25, 0.3) is 5.91 Å². The van der Waals surface area contributed by atoms with Crippen molar-refractivity contribution in [3.05, 3.63) is 65.7 Å². The van der Waals surface area contributed by atoms with E-state index in [1.165, 1.54) is 6.20 Å². The van der Waals surface area contributed by atoms with Gasteiger partial charge in [-0.15, -0.1) is 15.3 Å². The number of rotatable bonds is 9. The highest BCUT2D eigenvalue weighted by atomic mass is 16.7. The fourth-order valence-corrected chi connectivity index (χ4v) is 5.47. The van der Waals surface area contributed by atoms with E-state index in [0.29, 0.717) is 53.1 Å². The van der Waals surface area contributed by atoms with Crippen molar-refractivity contribution in [1.82, 2.24) is 35.3 Å². The number of hydrogen-bond donors (Lipinski definition) is 2. The summed E-state index contributed by atoms with van der Waals surface area (Å²) in [5, 5.41) is 32.1. The van der Waals surface area contributed by atoms with Crippen molar-refractivity contribution in [3.63, 3.8) is 0 Å². The van der Waals surface area contributed by atoms with E-state index in [9.17, 15) is 9.90 Å². The molecule has 1 aliphatic heterocycles. The second-order valence-electron chi connectivity index (χ2n) is 10.8. The quantitative estimate of drug-likeness (QED) is 0.260. The molecule has 1 saturated carbocycles. The first kappa shape index (κ1) is 27.4. The van der Waals surface area contributed by atoms with Crippen LogP contribution in [-0.2, 0) is 22.7 Å². The third-order valence-electron chi connectivity index (χ3n) is 7.81. The zero-order chi connectivity index (χ0) is 29.2. The van der Waals surface area contributed by atoms with Gasteiger partial charge in [-0.2, -0.15) is 4.52 Å². The molecule has 0 radical (unpaired) electrons. The van der Waals surface area contributed by atoms with Gasteiger partial charge in [-0.25, -0.2) is 0 Å². The average molecular weight is 586 g/mol. The largest absolute Gasteiger partial charge is 0.470 e. The van der Waals surface area contributed by atoms with Gasteiger partial charge < -0.3 is 29.2 Å². The minimum absolute atomic E-state index is 0.123. The fraction of sp³-hybridized carbons (Fsp3) is 0.400. The highest BCUT2D eigenvalue weighted by Gasteiger charge is 2.27. The Hall–Kier alpha value is -4.46. The van der Waals surface area contributed by atoms with Gasteiger partial charge in [-0.1, -0.05) is 23.4 Å². The number of fused-ring (bicyclic) bond motifs is 3. The Kier molecular flexibility index (Phi) is 7.66. The van der Waals surface area contributed by atoms with Crippen LogP contribution in [0, 0.1) is 0 Å². The fourth-order valence-electron chi connectivity index (χ4n) is 5.47. The summed E-state index contributed by atoms with van der Waals surface area (Å²) in [6.07, 6.45) is 6.13. The van der Waals surface area contributed by atoms with E-state index >= 15 is 0 Å². The number of aliphatic hydroxyl groups excluding tert-OH is 1. The predicted molar refractivity (Wildman–Crippen MR) is 152 cm³/mol. The summed E-state index contributed by atoms with van der Waals surface area (Å²) in [6.45, 7) is 1.06. The number of aliphatic hydroxyl groups is 1. The second-order valence-corrected chi connectivity index (χ2v) is 10.8. The lowest BCUT2D eigenvalue weighted by atomic mass is 10.2. The predicted octanol–water partition coefficient (Wildman–Crippen LogP) is 3.59. The standard InChI is InChI=1S/C30H31N7O6/c38-25-9-5-8-23(25)32-29(39)18-11-12-19(31-15-18)16-42-30-22-7-2-1-6-21(22)27-33-34-28(37(27)35-30)24-14-20(43-36-24)17-41-26-10-3-4-13-40-26/h1-2,6-7,11-12,14-15,23,25-26,38H,3-5,8-10,13,16-17H2,(H,32,39)/t23-,25-,26?/m0/s1. The molecule has 2 aliphatic rings. The highest BCUT2D eigenvalue weighted by Crippen LogP contribution is 2.29. The van der Waals surface area contributed by atoms with Crippen molar-refractivity contribution in [2.75, 3.05) is 6.61 Å². The SMILES string of the molecule is O=C(N[C@H]1CCC[C@@H]1O)c1ccc(COc2nn3c(-c4cc(COC5CCCCO5)on4)nnc3c3ccccc23)nc1. The first-order valence-electron chi connectivity index (χ1n) is 14.5. The van der Waals surface area contributed by atoms with Gasteiger partial charge in [-0.3, -0.25) is 9.78 Å². The number of amides is 1. The van der Waals surface area contributed by atoms with Crippen molar-refractivity contribution < 1.29 is 28.6 Å². The number of carbonyl (C=O) groups excluding carboxylic acids is 1. The molecule has 4 aromatic heterocycles. The van der Waals surface area contributed by atoms with Crippen molar-refractivity contribution in [1.29, 1.82) is 0 Å². The van der Waals surface area contributed by atoms with Gasteiger partial charge in [-0.05, 0) is 56.7 Å². The molecular weight excluding hydrogens is 554 g/mol. The summed E-state index contributed by atoms with van der Waals surface area (Å²) < 4.78 is 24.7. The lowest BCUT2D eigenvalue weighted by molar-refractivity contribution is -0.171. The van der Waals surface area contributed by atoms with Gasteiger partial charge in [0.15, 0.2) is 23.4 Å². The monoisotopic (exact) mass is 585 g/mol. The van der Waals surface area contributed by atoms with Crippen LogP contribution >= 0.6 is 0 Å². The third kappa shape index (κ3) is 5.78. The van der Waals surface area contributed by atoms with E-state index in [-0.39, 0.29) is 31.5 Å². The maximum atomic E-state index is 12.6. The third-order valence-corrected chi connectivity index (χ3v) is 7.81. The molecule has 1 aromatic carbocycles. The Morgan fingerprint density at radius 2 is 1.95 bits per heavy atom. The Morgan fingerprint density at radius 3 is 2.74 bits per heavy atom. The number of pyridine rings is 1. The van der Waals surface area contributed by atoms with Crippen LogP contribution < -0.4 is 10.1 Å². The number of nitrogens with zero attached hydrogens (tertiary/aromatic N) is 6. The molecule has 1 saturated heterocycles. The summed E-state index contributed by atoms with van der Waals surface area (Å²) in [7, 11) is 0. The first-order chi connectivity index (χ1) is 21.1. The Balaban J connectivity index is 1.08. The van der Waals surface area contributed by atoms with E-state index in [1.807, 2.05) is 24.3 Å².